The third-order valence-corrected chi connectivity index (χ3v) is 7.66. The fourth-order valence-electron chi connectivity index (χ4n) is 4.22. The maximum Gasteiger partial charge on any atom is 0.268 e. The normalized spacial score (nSPS) is 22.6. The molecule has 4 rings (SSSR count). The molecule has 1 saturated heterocycles. The van der Waals surface area contributed by atoms with Crippen molar-refractivity contribution in [3.05, 3.63) is 47.8 Å². The van der Waals surface area contributed by atoms with Gasteiger partial charge < -0.3 is 15.2 Å². The van der Waals surface area contributed by atoms with E-state index in [1.807, 2.05) is 24.3 Å². The lowest BCUT2D eigenvalue weighted by molar-refractivity contribution is 0.0930. The van der Waals surface area contributed by atoms with Gasteiger partial charge in [0, 0.05) is 38.6 Å². The number of hydrogen-bond donors (Lipinski definition) is 2. The first-order valence-electron chi connectivity index (χ1n) is 10.1. The molecule has 2 N–H and O–H groups in total. The van der Waals surface area contributed by atoms with Crippen molar-refractivity contribution in [2.45, 2.75) is 37.1 Å². The quantitative estimate of drug-likeness (QED) is 0.801. The van der Waals surface area contributed by atoms with Crippen molar-refractivity contribution in [3.63, 3.8) is 0 Å². The Labute approximate surface area is 172 Å². The van der Waals surface area contributed by atoms with Gasteiger partial charge in [-0.3, -0.25) is 4.79 Å². The van der Waals surface area contributed by atoms with Crippen molar-refractivity contribution >= 4 is 21.6 Å². The van der Waals surface area contributed by atoms with Crippen LogP contribution in [0.3, 0.4) is 0 Å². The van der Waals surface area contributed by atoms with Crippen LogP contribution in [0.25, 0.3) is 0 Å². The summed E-state index contributed by atoms with van der Waals surface area (Å²) in [5.74, 6) is 0.0961. The highest BCUT2D eigenvalue weighted by Crippen LogP contribution is 2.25. The van der Waals surface area contributed by atoms with Crippen molar-refractivity contribution in [3.8, 4) is 0 Å². The van der Waals surface area contributed by atoms with Gasteiger partial charge >= 0.3 is 0 Å². The summed E-state index contributed by atoms with van der Waals surface area (Å²) in [6, 6.07) is 9.50. The van der Waals surface area contributed by atoms with E-state index in [1.165, 1.54) is 17.8 Å². The van der Waals surface area contributed by atoms with Crippen molar-refractivity contribution < 1.29 is 13.2 Å². The molecule has 0 aliphatic carbocycles. The molecule has 1 aromatic carbocycles. The van der Waals surface area contributed by atoms with E-state index >= 15 is 0 Å². The fourth-order valence-corrected chi connectivity index (χ4v) is 5.89. The van der Waals surface area contributed by atoms with Crippen LogP contribution in [0, 0.1) is 5.92 Å². The van der Waals surface area contributed by atoms with Crippen LogP contribution in [0.4, 0.5) is 5.69 Å². The van der Waals surface area contributed by atoms with E-state index in [-0.39, 0.29) is 16.8 Å². The van der Waals surface area contributed by atoms with Crippen LogP contribution in [0.15, 0.2) is 41.4 Å². The number of aryl methyl sites for hydroxylation is 1. The molecular weight excluding hydrogens is 388 g/mol. The molecule has 0 saturated carbocycles. The molecule has 29 heavy (non-hydrogen) atoms. The number of fused-ring (bicyclic) bond motifs is 1. The zero-order valence-electron chi connectivity index (χ0n) is 16.9. The van der Waals surface area contributed by atoms with E-state index in [4.69, 9.17) is 0 Å². The summed E-state index contributed by atoms with van der Waals surface area (Å²) in [4.78, 5) is 13.0. The smallest absolute Gasteiger partial charge is 0.268 e. The molecule has 1 fully saturated rings. The summed E-state index contributed by atoms with van der Waals surface area (Å²) in [5.41, 5.74) is 2.62. The fraction of sp³-hybridized carbons (Fsp3) is 0.476. The summed E-state index contributed by atoms with van der Waals surface area (Å²) in [7, 11) is -1.87. The average Bonchev–Trinajstić information content (AvgIpc) is 3.10. The Morgan fingerprint density at radius 3 is 2.86 bits per heavy atom. The number of rotatable bonds is 4. The van der Waals surface area contributed by atoms with E-state index in [9.17, 15) is 13.2 Å². The molecule has 1 aromatic heterocycles. The largest absolute Gasteiger partial charge is 0.383 e. The van der Waals surface area contributed by atoms with E-state index < -0.39 is 10.0 Å². The maximum absolute atomic E-state index is 13.0. The van der Waals surface area contributed by atoms with Crippen LogP contribution in [0.5, 0.6) is 0 Å². The summed E-state index contributed by atoms with van der Waals surface area (Å²) in [5, 5.41) is 6.37. The first-order valence-corrected chi connectivity index (χ1v) is 11.6. The van der Waals surface area contributed by atoms with Crippen molar-refractivity contribution in [1.29, 1.82) is 0 Å². The minimum absolute atomic E-state index is 0.0460. The molecular formula is C21H28N4O3S. The predicted molar refractivity (Wildman–Crippen MR) is 112 cm³/mol. The Kier molecular flexibility index (Phi) is 5.40. The summed E-state index contributed by atoms with van der Waals surface area (Å²) in [6.45, 7) is 3.79. The van der Waals surface area contributed by atoms with Crippen molar-refractivity contribution in [1.82, 2.24) is 14.2 Å². The number of nitrogens with zero attached hydrogens (tertiary/aromatic N) is 2. The zero-order valence-corrected chi connectivity index (χ0v) is 17.7. The van der Waals surface area contributed by atoms with Gasteiger partial charge in [-0.2, -0.15) is 4.31 Å². The van der Waals surface area contributed by atoms with Gasteiger partial charge in [-0.05, 0) is 42.9 Å². The molecule has 2 aliphatic heterocycles. The third-order valence-electron chi connectivity index (χ3n) is 5.83. The van der Waals surface area contributed by atoms with E-state index in [0.717, 1.165) is 24.9 Å². The minimum Gasteiger partial charge on any atom is -0.383 e. The molecule has 1 amide bonds. The number of anilines is 1. The van der Waals surface area contributed by atoms with Crippen molar-refractivity contribution in [2.75, 3.05) is 25.0 Å². The number of amides is 1. The topological polar surface area (TPSA) is 83.4 Å². The number of sulfonamides is 1. The minimum atomic E-state index is -3.58. The molecule has 2 aliphatic rings. The number of nitrogens with one attached hydrogen (secondary N) is 2. The van der Waals surface area contributed by atoms with Crippen LogP contribution < -0.4 is 10.6 Å². The predicted octanol–water partition coefficient (Wildman–Crippen LogP) is 2.21. The summed E-state index contributed by atoms with van der Waals surface area (Å²) < 4.78 is 29.2. The van der Waals surface area contributed by atoms with Gasteiger partial charge in [0.15, 0.2) is 0 Å². The lowest BCUT2D eigenvalue weighted by atomic mass is 9.99. The highest BCUT2D eigenvalue weighted by molar-refractivity contribution is 7.89. The van der Waals surface area contributed by atoms with Gasteiger partial charge in [-0.15, -0.1) is 0 Å². The number of para-hydroxylation sites is 1. The van der Waals surface area contributed by atoms with Gasteiger partial charge in [0.2, 0.25) is 10.0 Å². The number of carbonyl (C=O) groups excluding carboxylic acids is 1. The molecule has 0 spiro atoms. The summed E-state index contributed by atoms with van der Waals surface area (Å²) in [6.07, 6.45) is 4.21. The maximum atomic E-state index is 13.0. The Bertz CT molecular complexity index is 1010. The second-order valence-corrected chi connectivity index (χ2v) is 10.1. The van der Waals surface area contributed by atoms with Gasteiger partial charge in [0.1, 0.15) is 10.6 Å². The van der Waals surface area contributed by atoms with Gasteiger partial charge in [-0.1, -0.05) is 25.1 Å². The molecule has 3 heterocycles. The second kappa shape index (κ2) is 7.84. The Balaban J connectivity index is 1.48. The monoisotopic (exact) mass is 416 g/mol. The van der Waals surface area contributed by atoms with Gasteiger partial charge in [0.05, 0.1) is 6.04 Å². The van der Waals surface area contributed by atoms with Crippen molar-refractivity contribution in [2.24, 2.45) is 13.0 Å². The first-order chi connectivity index (χ1) is 13.8. The van der Waals surface area contributed by atoms with E-state index in [1.54, 1.807) is 15.9 Å². The second-order valence-electron chi connectivity index (χ2n) is 8.19. The van der Waals surface area contributed by atoms with E-state index in [0.29, 0.717) is 31.2 Å². The standard InChI is InChI=1S/C21H28N4O3S/c1-15-6-5-9-25(13-15)29(27,28)18-11-20(24(2)14-18)21(26)23-17-10-16-7-3-4-8-19(16)22-12-17/h3-4,7-8,11,14-15,17,22H,5-6,9-10,12-13H2,1-2H3,(H,23,26). The SMILES string of the molecule is CC1CCCN(S(=O)(=O)c2cc(C(=O)NC3CNc4ccccc4C3)n(C)c2)C1. The molecule has 0 radical (unpaired) electrons. The Hall–Kier alpha value is -2.32. The van der Waals surface area contributed by atoms with Crippen LogP contribution in [0.1, 0.15) is 35.8 Å². The van der Waals surface area contributed by atoms with Crippen LogP contribution in [0.2, 0.25) is 0 Å². The lowest BCUT2D eigenvalue weighted by Gasteiger charge is -2.29. The third kappa shape index (κ3) is 4.04. The average molecular weight is 417 g/mol. The molecule has 2 unspecified atom stereocenters. The molecule has 2 aromatic rings. The highest BCUT2D eigenvalue weighted by Gasteiger charge is 2.31. The van der Waals surface area contributed by atoms with Crippen LogP contribution in [-0.2, 0) is 23.5 Å². The van der Waals surface area contributed by atoms with Gasteiger partial charge in [-0.25, -0.2) is 8.42 Å². The number of piperidine rings is 1. The lowest BCUT2D eigenvalue weighted by Crippen LogP contribution is -2.44. The number of benzene rings is 1. The highest BCUT2D eigenvalue weighted by atomic mass is 32.2. The Morgan fingerprint density at radius 1 is 1.28 bits per heavy atom. The number of hydrogen-bond acceptors (Lipinski definition) is 4. The Morgan fingerprint density at radius 2 is 2.07 bits per heavy atom. The molecule has 2 atom stereocenters. The molecule has 8 heteroatoms. The number of aromatic nitrogens is 1. The molecule has 7 nitrogen and oxygen atoms in total. The zero-order chi connectivity index (χ0) is 20.6. The van der Waals surface area contributed by atoms with E-state index in [2.05, 4.69) is 17.6 Å². The first kappa shape index (κ1) is 20.0. The molecule has 156 valence electrons. The van der Waals surface area contributed by atoms with Crippen LogP contribution in [-0.4, -0.2) is 48.9 Å². The number of carbonyl (C=O) groups is 1. The van der Waals surface area contributed by atoms with Gasteiger partial charge in [0.25, 0.3) is 5.91 Å². The molecule has 0 bridgehead atoms. The summed E-state index contributed by atoms with van der Waals surface area (Å²) >= 11 is 0. The van der Waals surface area contributed by atoms with Crippen LogP contribution >= 0.6 is 0 Å².